The fourth-order valence-electron chi connectivity index (χ4n) is 1.47. The molecule has 0 saturated carbocycles. The van der Waals surface area contributed by atoms with Gasteiger partial charge in [0.1, 0.15) is 5.15 Å². The molecule has 2 rings (SSSR count). The normalized spacial score (nSPS) is 9.88. The average molecular weight is 248 g/mol. The maximum absolute atomic E-state index is 6.02. The van der Waals surface area contributed by atoms with Crippen LogP contribution in [0.25, 0.3) is 10.8 Å². The first-order chi connectivity index (χ1) is 7.83. The molecule has 0 N–H and O–H groups in total. The van der Waals surface area contributed by atoms with Crippen molar-refractivity contribution in [2.45, 2.75) is 6.42 Å². The summed E-state index contributed by atoms with van der Waals surface area (Å²) in [5.74, 6) is 6.92. The lowest BCUT2D eigenvalue weighted by molar-refractivity contribution is 1.30. The van der Waals surface area contributed by atoms with Crippen molar-refractivity contribution in [2.75, 3.05) is 5.75 Å². The van der Waals surface area contributed by atoms with Crippen LogP contribution in [0.4, 0.5) is 0 Å². The minimum Gasteiger partial charge on any atom is -0.243 e. The molecule has 16 heavy (non-hydrogen) atoms. The van der Waals surface area contributed by atoms with Crippen molar-refractivity contribution in [1.29, 1.82) is 0 Å². The third-order valence-corrected chi connectivity index (χ3v) is 2.73. The molecule has 0 radical (unpaired) electrons. The van der Waals surface area contributed by atoms with Gasteiger partial charge in [-0.1, -0.05) is 47.7 Å². The molecule has 80 valence electrons. The first-order valence-corrected chi connectivity index (χ1v) is 5.97. The Balaban J connectivity index is 2.56. The van der Waals surface area contributed by atoms with Gasteiger partial charge in [-0.25, -0.2) is 4.98 Å². The topological polar surface area (TPSA) is 12.9 Å². The molecule has 1 aromatic carbocycles. The lowest BCUT2D eigenvalue weighted by atomic mass is 10.1. The van der Waals surface area contributed by atoms with Gasteiger partial charge in [0.2, 0.25) is 0 Å². The van der Waals surface area contributed by atoms with Gasteiger partial charge in [0.15, 0.2) is 0 Å². The van der Waals surface area contributed by atoms with E-state index in [0.717, 1.165) is 28.5 Å². The van der Waals surface area contributed by atoms with Crippen molar-refractivity contribution in [3.8, 4) is 11.8 Å². The number of rotatable bonds is 1. The number of fused-ring (bicyclic) bond motifs is 1. The van der Waals surface area contributed by atoms with Gasteiger partial charge < -0.3 is 0 Å². The van der Waals surface area contributed by atoms with E-state index in [1.165, 1.54) is 0 Å². The summed E-state index contributed by atoms with van der Waals surface area (Å²) in [5, 5.41) is 2.52. The van der Waals surface area contributed by atoms with E-state index in [9.17, 15) is 0 Å². The number of halogens is 1. The first-order valence-electron chi connectivity index (χ1n) is 4.96. The molecule has 0 atom stereocenters. The number of hydrogen-bond donors (Lipinski definition) is 1. The summed E-state index contributed by atoms with van der Waals surface area (Å²) >= 11 is 10.1. The van der Waals surface area contributed by atoms with Crippen molar-refractivity contribution in [2.24, 2.45) is 0 Å². The highest BCUT2D eigenvalue weighted by atomic mass is 35.5. The minimum absolute atomic E-state index is 0.523. The lowest BCUT2D eigenvalue weighted by Gasteiger charge is -2.01. The Hall–Kier alpha value is -1.17. The molecule has 2 aromatic rings. The molecule has 3 heteroatoms. The second kappa shape index (κ2) is 5.25. The minimum atomic E-state index is 0.523. The Morgan fingerprint density at radius 3 is 2.75 bits per heavy atom. The Morgan fingerprint density at radius 1 is 1.25 bits per heavy atom. The quantitative estimate of drug-likeness (QED) is 0.462. The highest BCUT2D eigenvalue weighted by Crippen LogP contribution is 2.23. The average Bonchev–Trinajstić information content (AvgIpc) is 2.33. The van der Waals surface area contributed by atoms with Gasteiger partial charge in [0, 0.05) is 29.1 Å². The molecular formula is C13H10ClNS. The van der Waals surface area contributed by atoms with Crippen molar-refractivity contribution in [3.63, 3.8) is 0 Å². The molecule has 0 aliphatic rings. The van der Waals surface area contributed by atoms with Gasteiger partial charge in [0.25, 0.3) is 0 Å². The predicted octanol–water partition coefficient (Wildman–Crippen LogP) is 3.56. The van der Waals surface area contributed by atoms with Gasteiger partial charge in [-0.2, -0.15) is 12.6 Å². The third kappa shape index (κ3) is 2.32. The van der Waals surface area contributed by atoms with Crippen LogP contribution >= 0.6 is 24.2 Å². The summed E-state index contributed by atoms with van der Waals surface area (Å²) in [6.45, 7) is 0. The van der Waals surface area contributed by atoms with Crippen LogP contribution in [0, 0.1) is 11.8 Å². The zero-order valence-electron chi connectivity index (χ0n) is 8.57. The first kappa shape index (κ1) is 11.3. The largest absolute Gasteiger partial charge is 0.243 e. The molecule has 0 saturated heterocycles. The molecule has 0 amide bonds. The van der Waals surface area contributed by atoms with E-state index in [2.05, 4.69) is 29.5 Å². The van der Waals surface area contributed by atoms with E-state index in [-0.39, 0.29) is 0 Å². The van der Waals surface area contributed by atoms with Gasteiger partial charge in [-0.05, 0) is 0 Å². The molecule has 0 aliphatic carbocycles. The summed E-state index contributed by atoms with van der Waals surface area (Å²) in [4.78, 5) is 4.13. The Morgan fingerprint density at radius 2 is 2.00 bits per heavy atom. The molecule has 0 fully saturated rings. The Kier molecular flexibility index (Phi) is 3.71. The predicted molar refractivity (Wildman–Crippen MR) is 72.1 cm³/mol. The van der Waals surface area contributed by atoms with Crippen LogP contribution in [0.5, 0.6) is 0 Å². The maximum atomic E-state index is 6.02. The summed E-state index contributed by atoms with van der Waals surface area (Å²) in [7, 11) is 0. The van der Waals surface area contributed by atoms with Crippen LogP contribution < -0.4 is 0 Å². The molecule has 1 nitrogen and oxygen atoms in total. The second-order valence-corrected chi connectivity index (χ2v) is 4.09. The van der Waals surface area contributed by atoms with Crippen LogP contribution in [0.15, 0.2) is 30.5 Å². The number of thiol groups is 1. The highest BCUT2D eigenvalue weighted by Gasteiger charge is 2.02. The Bertz CT molecular complexity index is 569. The van der Waals surface area contributed by atoms with Gasteiger partial charge in [-0.3, -0.25) is 0 Å². The van der Waals surface area contributed by atoms with Crippen molar-refractivity contribution in [1.82, 2.24) is 4.98 Å². The molecule has 0 unspecified atom stereocenters. The van der Waals surface area contributed by atoms with E-state index in [0.29, 0.717) is 5.15 Å². The summed E-state index contributed by atoms with van der Waals surface area (Å²) in [6, 6.07) is 7.88. The Labute approximate surface area is 105 Å². The monoisotopic (exact) mass is 247 g/mol. The summed E-state index contributed by atoms with van der Waals surface area (Å²) < 4.78 is 0. The maximum Gasteiger partial charge on any atom is 0.136 e. The van der Waals surface area contributed by atoms with Crippen LogP contribution in [-0.2, 0) is 0 Å². The molecular weight excluding hydrogens is 238 g/mol. The zero-order valence-corrected chi connectivity index (χ0v) is 10.2. The van der Waals surface area contributed by atoms with Crippen molar-refractivity contribution < 1.29 is 0 Å². The molecule has 1 heterocycles. The fourth-order valence-corrected chi connectivity index (χ4v) is 1.80. The summed E-state index contributed by atoms with van der Waals surface area (Å²) in [5.41, 5.74) is 0.918. The number of aromatic nitrogens is 1. The van der Waals surface area contributed by atoms with Crippen LogP contribution in [0.3, 0.4) is 0 Å². The molecule has 0 spiro atoms. The van der Waals surface area contributed by atoms with Crippen LogP contribution in [0.1, 0.15) is 12.0 Å². The number of nitrogens with zero attached hydrogens (tertiary/aromatic N) is 1. The van der Waals surface area contributed by atoms with Crippen LogP contribution in [-0.4, -0.2) is 10.7 Å². The number of pyridine rings is 1. The zero-order chi connectivity index (χ0) is 11.4. The molecule has 0 bridgehead atoms. The second-order valence-electron chi connectivity index (χ2n) is 3.28. The SMILES string of the molecule is SCCC#Cc1cnc(Cl)c2ccccc12. The fraction of sp³-hybridized carbons (Fsp3) is 0.154. The molecule has 1 aromatic heterocycles. The van der Waals surface area contributed by atoms with Gasteiger partial charge in [-0.15, -0.1) is 0 Å². The van der Waals surface area contributed by atoms with E-state index in [4.69, 9.17) is 11.6 Å². The molecule has 0 aliphatic heterocycles. The highest BCUT2D eigenvalue weighted by molar-refractivity contribution is 7.80. The van der Waals surface area contributed by atoms with E-state index in [1.807, 2.05) is 24.3 Å². The smallest absolute Gasteiger partial charge is 0.136 e. The van der Waals surface area contributed by atoms with Crippen molar-refractivity contribution in [3.05, 3.63) is 41.2 Å². The summed E-state index contributed by atoms with van der Waals surface area (Å²) in [6.07, 6.45) is 2.50. The van der Waals surface area contributed by atoms with Gasteiger partial charge >= 0.3 is 0 Å². The van der Waals surface area contributed by atoms with E-state index in [1.54, 1.807) is 6.20 Å². The van der Waals surface area contributed by atoms with E-state index >= 15 is 0 Å². The van der Waals surface area contributed by atoms with E-state index < -0.39 is 0 Å². The standard InChI is InChI=1S/C13H10ClNS/c14-13-12-7-2-1-6-11(12)10(9-15-13)5-3-4-8-16/h1-2,6-7,9,16H,4,8H2. The van der Waals surface area contributed by atoms with Crippen LogP contribution in [0.2, 0.25) is 5.15 Å². The lowest BCUT2D eigenvalue weighted by Crippen LogP contribution is -1.84. The number of hydrogen-bond acceptors (Lipinski definition) is 2. The van der Waals surface area contributed by atoms with Gasteiger partial charge in [0.05, 0.1) is 5.56 Å². The van der Waals surface area contributed by atoms with Crippen molar-refractivity contribution >= 4 is 35.0 Å². The third-order valence-electron chi connectivity index (χ3n) is 2.21. The number of benzene rings is 1.